The highest BCUT2D eigenvalue weighted by molar-refractivity contribution is 7.89. The van der Waals surface area contributed by atoms with Crippen LogP contribution in [-0.2, 0) is 10.0 Å². The molecule has 4 rings (SSSR count). The molecule has 0 spiro atoms. The van der Waals surface area contributed by atoms with E-state index in [4.69, 9.17) is 9.47 Å². The Morgan fingerprint density at radius 2 is 1.79 bits per heavy atom. The number of carbonyl (C=O) groups excluding carboxylic acids is 2. The van der Waals surface area contributed by atoms with Crippen molar-refractivity contribution in [3.8, 4) is 11.5 Å². The number of carbonyl (C=O) groups is 2. The number of nitrogens with zero attached hydrogens (tertiary/aromatic N) is 2. The van der Waals surface area contributed by atoms with E-state index in [-0.39, 0.29) is 53.4 Å². The molecule has 0 radical (unpaired) electrons. The number of aliphatic hydroxyl groups excluding tert-OH is 1. The van der Waals surface area contributed by atoms with Gasteiger partial charge in [-0.1, -0.05) is 31.2 Å². The van der Waals surface area contributed by atoms with E-state index < -0.39 is 28.2 Å². The van der Waals surface area contributed by atoms with Crippen molar-refractivity contribution in [1.29, 1.82) is 0 Å². The summed E-state index contributed by atoms with van der Waals surface area (Å²) >= 11 is 0. The number of urea groups is 1. The summed E-state index contributed by atoms with van der Waals surface area (Å²) in [6.07, 6.45) is -0.719. The lowest BCUT2D eigenvalue weighted by molar-refractivity contribution is 0.0389. The van der Waals surface area contributed by atoms with Crippen LogP contribution in [-0.4, -0.2) is 80.7 Å². The minimum atomic E-state index is -3.90. The smallest absolute Gasteiger partial charge is 0.323 e. The molecule has 3 aromatic carbocycles. The number of anilines is 2. The third-order valence-electron chi connectivity index (χ3n) is 7.18. The Labute approximate surface area is 246 Å². The molecular formula is C30H36N4O7S. The standard InChI is InChI=1S/C30H36N4O7S/c1-20-17-34(21(2)19-35)29(36)25-11-8-12-26(32-30(37)31-22-9-6-5-7-10-22)28(25)41-27(20)18-33(3)42(38,39)24-15-13-23(40-4)14-16-24/h5-16,20-21,27,35H,17-19H2,1-4H3,(H2,31,32,37)/t20-,21-,27-/m0/s1. The Kier molecular flexibility index (Phi) is 9.71. The number of fused-ring (bicyclic) bond motifs is 1. The molecule has 0 saturated heterocycles. The molecule has 224 valence electrons. The monoisotopic (exact) mass is 596 g/mol. The molecule has 0 aliphatic carbocycles. The number of methoxy groups -OCH3 is 1. The number of para-hydroxylation sites is 2. The quantitative estimate of drug-likeness (QED) is 0.341. The van der Waals surface area contributed by atoms with Gasteiger partial charge in [0, 0.05) is 25.2 Å². The Morgan fingerprint density at radius 3 is 2.43 bits per heavy atom. The van der Waals surface area contributed by atoms with Gasteiger partial charge in [-0.3, -0.25) is 4.79 Å². The number of hydrogen-bond donors (Lipinski definition) is 3. The lowest BCUT2D eigenvalue weighted by Crippen LogP contribution is -2.50. The second-order valence-electron chi connectivity index (χ2n) is 10.2. The second-order valence-corrected chi connectivity index (χ2v) is 12.3. The first-order valence-corrected chi connectivity index (χ1v) is 14.9. The highest BCUT2D eigenvalue weighted by Crippen LogP contribution is 2.35. The first-order valence-electron chi connectivity index (χ1n) is 13.5. The molecule has 1 heterocycles. The van der Waals surface area contributed by atoms with Gasteiger partial charge in [-0.2, -0.15) is 4.31 Å². The van der Waals surface area contributed by atoms with Gasteiger partial charge >= 0.3 is 6.03 Å². The van der Waals surface area contributed by atoms with Crippen molar-refractivity contribution in [2.75, 3.05) is 44.5 Å². The fourth-order valence-corrected chi connectivity index (χ4v) is 5.83. The van der Waals surface area contributed by atoms with Crippen molar-refractivity contribution in [3.05, 3.63) is 78.4 Å². The number of hydrogen-bond acceptors (Lipinski definition) is 7. The molecule has 0 bridgehead atoms. The zero-order valence-electron chi connectivity index (χ0n) is 24.0. The van der Waals surface area contributed by atoms with E-state index in [0.29, 0.717) is 11.4 Å². The number of nitrogens with one attached hydrogen (secondary N) is 2. The van der Waals surface area contributed by atoms with Crippen molar-refractivity contribution in [2.24, 2.45) is 5.92 Å². The molecule has 11 nitrogen and oxygen atoms in total. The average molecular weight is 597 g/mol. The maximum atomic E-state index is 13.7. The van der Waals surface area contributed by atoms with Crippen LogP contribution in [0.4, 0.5) is 16.2 Å². The summed E-state index contributed by atoms with van der Waals surface area (Å²) in [5.41, 5.74) is 1.00. The predicted molar refractivity (Wildman–Crippen MR) is 159 cm³/mol. The second kappa shape index (κ2) is 13.2. The summed E-state index contributed by atoms with van der Waals surface area (Å²) in [7, 11) is -0.931. The van der Waals surface area contributed by atoms with Crippen LogP contribution in [0, 0.1) is 5.92 Å². The van der Waals surface area contributed by atoms with Gasteiger partial charge < -0.3 is 30.1 Å². The van der Waals surface area contributed by atoms with Crippen LogP contribution in [0.1, 0.15) is 24.2 Å². The number of aliphatic hydroxyl groups is 1. The molecule has 0 aromatic heterocycles. The summed E-state index contributed by atoms with van der Waals surface area (Å²) in [6.45, 7) is 3.49. The zero-order valence-corrected chi connectivity index (χ0v) is 24.8. The molecule has 42 heavy (non-hydrogen) atoms. The van der Waals surface area contributed by atoms with Gasteiger partial charge in [0.15, 0.2) is 5.75 Å². The Balaban J connectivity index is 1.68. The molecule has 3 amide bonds. The van der Waals surface area contributed by atoms with E-state index in [1.165, 1.54) is 30.6 Å². The molecule has 12 heteroatoms. The average Bonchev–Trinajstić information content (AvgIpc) is 2.99. The Hall–Kier alpha value is -4.13. The number of amides is 3. The molecule has 0 saturated carbocycles. The third kappa shape index (κ3) is 6.84. The topological polar surface area (TPSA) is 138 Å². The Bertz CT molecular complexity index is 1500. The summed E-state index contributed by atoms with van der Waals surface area (Å²) in [5.74, 6) is -0.0732. The number of benzene rings is 3. The highest BCUT2D eigenvalue weighted by atomic mass is 32.2. The fourth-order valence-electron chi connectivity index (χ4n) is 4.65. The van der Waals surface area contributed by atoms with Crippen molar-refractivity contribution in [3.63, 3.8) is 0 Å². The summed E-state index contributed by atoms with van der Waals surface area (Å²) < 4.78 is 39.6. The van der Waals surface area contributed by atoms with Crippen LogP contribution in [0.25, 0.3) is 0 Å². The lowest BCUT2D eigenvalue weighted by Gasteiger charge is -2.38. The first-order chi connectivity index (χ1) is 20.0. The summed E-state index contributed by atoms with van der Waals surface area (Å²) in [5, 5.41) is 15.4. The normalized spacial score (nSPS) is 17.9. The van der Waals surface area contributed by atoms with Crippen molar-refractivity contribution in [1.82, 2.24) is 9.21 Å². The minimum Gasteiger partial charge on any atom is -0.497 e. The van der Waals surface area contributed by atoms with Gasteiger partial charge in [0.1, 0.15) is 11.9 Å². The maximum absolute atomic E-state index is 13.7. The van der Waals surface area contributed by atoms with Gasteiger partial charge in [-0.15, -0.1) is 0 Å². The minimum absolute atomic E-state index is 0.0466. The molecule has 0 unspecified atom stereocenters. The van der Waals surface area contributed by atoms with E-state index in [1.54, 1.807) is 66.4 Å². The van der Waals surface area contributed by atoms with Crippen LogP contribution in [0.3, 0.4) is 0 Å². The van der Waals surface area contributed by atoms with Crippen LogP contribution >= 0.6 is 0 Å². The lowest BCUT2D eigenvalue weighted by atomic mass is 9.99. The predicted octanol–water partition coefficient (Wildman–Crippen LogP) is 3.88. The van der Waals surface area contributed by atoms with E-state index >= 15 is 0 Å². The zero-order chi connectivity index (χ0) is 30.4. The van der Waals surface area contributed by atoms with Gasteiger partial charge in [0.2, 0.25) is 10.0 Å². The molecular weight excluding hydrogens is 560 g/mol. The number of likely N-dealkylation sites (N-methyl/N-ethyl adjacent to an activating group) is 1. The van der Waals surface area contributed by atoms with E-state index in [9.17, 15) is 23.1 Å². The van der Waals surface area contributed by atoms with Gasteiger partial charge in [0.25, 0.3) is 5.91 Å². The van der Waals surface area contributed by atoms with E-state index in [1.807, 2.05) is 13.0 Å². The van der Waals surface area contributed by atoms with Gasteiger partial charge in [-0.25, -0.2) is 13.2 Å². The number of rotatable bonds is 9. The molecule has 3 atom stereocenters. The van der Waals surface area contributed by atoms with E-state index in [0.717, 1.165) is 0 Å². The maximum Gasteiger partial charge on any atom is 0.323 e. The van der Waals surface area contributed by atoms with Crippen molar-refractivity contribution >= 4 is 33.3 Å². The van der Waals surface area contributed by atoms with Gasteiger partial charge in [0.05, 0.1) is 42.4 Å². The number of sulfonamides is 1. The third-order valence-corrected chi connectivity index (χ3v) is 9.01. The van der Waals surface area contributed by atoms with Crippen LogP contribution in [0.5, 0.6) is 11.5 Å². The van der Waals surface area contributed by atoms with E-state index in [2.05, 4.69) is 10.6 Å². The summed E-state index contributed by atoms with van der Waals surface area (Å²) in [4.78, 5) is 28.2. The molecule has 0 fully saturated rings. The fraction of sp³-hybridized carbons (Fsp3) is 0.333. The number of ether oxygens (including phenoxy) is 2. The van der Waals surface area contributed by atoms with Gasteiger partial charge in [-0.05, 0) is 55.5 Å². The van der Waals surface area contributed by atoms with Crippen LogP contribution < -0.4 is 20.1 Å². The summed E-state index contributed by atoms with van der Waals surface area (Å²) in [6, 6.07) is 18.7. The molecule has 3 aromatic rings. The highest BCUT2D eigenvalue weighted by Gasteiger charge is 2.36. The largest absolute Gasteiger partial charge is 0.497 e. The molecule has 3 N–H and O–H groups in total. The molecule has 1 aliphatic rings. The van der Waals surface area contributed by atoms with Crippen molar-refractivity contribution in [2.45, 2.75) is 30.9 Å². The first kappa shape index (κ1) is 30.8. The van der Waals surface area contributed by atoms with Crippen LogP contribution in [0.2, 0.25) is 0 Å². The molecule has 1 aliphatic heterocycles. The van der Waals surface area contributed by atoms with Crippen LogP contribution in [0.15, 0.2) is 77.7 Å². The SMILES string of the molecule is COc1ccc(S(=O)(=O)N(C)C[C@@H]2Oc3c(NC(=O)Nc4ccccc4)cccc3C(=O)N([C@@H](C)CO)C[C@@H]2C)cc1. The Morgan fingerprint density at radius 1 is 1.10 bits per heavy atom. The van der Waals surface area contributed by atoms with Crippen molar-refractivity contribution < 1.29 is 32.6 Å².